The van der Waals surface area contributed by atoms with Crippen LogP contribution in [-0.4, -0.2) is 31.3 Å². The summed E-state index contributed by atoms with van der Waals surface area (Å²) in [7, 11) is 2.41. The number of methoxy groups -OCH3 is 2. The average molecular weight is 346 g/mol. The van der Waals surface area contributed by atoms with Crippen LogP contribution in [0.2, 0.25) is 0 Å². The molecule has 0 unspecified atom stereocenters. The van der Waals surface area contributed by atoms with Crippen LogP contribution in [0, 0.1) is 13.8 Å². The highest BCUT2D eigenvalue weighted by atomic mass is 32.2. The van der Waals surface area contributed by atoms with Crippen LogP contribution in [0.3, 0.4) is 0 Å². The number of phenolic OH excluding ortho intramolecular Hbond substituents is 1. The summed E-state index contributed by atoms with van der Waals surface area (Å²) in [6.07, 6.45) is 0. The molecule has 1 N–H and O–H groups in total. The molecule has 2 aromatic rings. The number of ether oxygens (including phenoxy) is 2. The van der Waals surface area contributed by atoms with Crippen molar-refractivity contribution >= 4 is 23.7 Å². The van der Waals surface area contributed by atoms with E-state index in [0.29, 0.717) is 10.5 Å². The maximum Gasteiger partial charge on any atom is 0.342 e. The van der Waals surface area contributed by atoms with Crippen molar-refractivity contribution in [1.82, 2.24) is 0 Å². The molecule has 0 fully saturated rings. The first kappa shape index (κ1) is 17.9. The van der Waals surface area contributed by atoms with E-state index in [-0.39, 0.29) is 16.9 Å². The first-order valence-corrected chi connectivity index (χ1v) is 7.98. The first-order chi connectivity index (χ1) is 11.4. The summed E-state index contributed by atoms with van der Waals surface area (Å²) >= 11 is 1.39. The highest BCUT2D eigenvalue weighted by Crippen LogP contribution is 2.37. The van der Waals surface area contributed by atoms with E-state index in [1.165, 1.54) is 32.0 Å². The fourth-order valence-electron chi connectivity index (χ4n) is 2.25. The van der Waals surface area contributed by atoms with Gasteiger partial charge in [-0.25, -0.2) is 9.59 Å². The number of aryl methyl sites for hydroxylation is 1. The maximum atomic E-state index is 12.1. The molecule has 0 aromatic heterocycles. The minimum absolute atomic E-state index is 0.0129. The zero-order valence-corrected chi connectivity index (χ0v) is 14.7. The van der Waals surface area contributed by atoms with Gasteiger partial charge in [-0.2, -0.15) is 0 Å². The summed E-state index contributed by atoms with van der Waals surface area (Å²) in [6.45, 7) is 3.70. The second-order valence-corrected chi connectivity index (χ2v) is 6.28. The molecule has 5 nitrogen and oxygen atoms in total. The summed E-state index contributed by atoms with van der Waals surface area (Å²) in [4.78, 5) is 25.7. The van der Waals surface area contributed by atoms with E-state index in [0.717, 1.165) is 10.5 Å². The smallest absolute Gasteiger partial charge is 0.342 e. The Morgan fingerprint density at radius 1 is 0.958 bits per heavy atom. The van der Waals surface area contributed by atoms with Crippen molar-refractivity contribution in [3.63, 3.8) is 0 Å². The lowest BCUT2D eigenvalue weighted by Crippen LogP contribution is -2.14. The quantitative estimate of drug-likeness (QED) is 0.851. The Morgan fingerprint density at radius 3 is 2.04 bits per heavy atom. The molecule has 2 rings (SSSR count). The minimum Gasteiger partial charge on any atom is -0.507 e. The third-order valence-corrected chi connectivity index (χ3v) is 4.70. The van der Waals surface area contributed by atoms with Gasteiger partial charge in [0.15, 0.2) is 0 Å². The van der Waals surface area contributed by atoms with E-state index in [9.17, 15) is 14.7 Å². The van der Waals surface area contributed by atoms with E-state index >= 15 is 0 Å². The maximum absolute atomic E-state index is 12.1. The van der Waals surface area contributed by atoms with E-state index in [1.807, 2.05) is 31.2 Å². The molecule has 126 valence electrons. The molecule has 0 spiro atoms. The Morgan fingerprint density at radius 2 is 1.50 bits per heavy atom. The van der Waals surface area contributed by atoms with Gasteiger partial charge in [-0.15, -0.1) is 0 Å². The van der Waals surface area contributed by atoms with Gasteiger partial charge < -0.3 is 14.6 Å². The molecule has 0 aliphatic carbocycles. The third-order valence-electron chi connectivity index (χ3n) is 3.55. The molecule has 0 saturated carbocycles. The minimum atomic E-state index is -0.789. The molecule has 6 heteroatoms. The largest absolute Gasteiger partial charge is 0.507 e. The number of phenols is 1. The van der Waals surface area contributed by atoms with E-state index < -0.39 is 11.9 Å². The standard InChI is InChI=1S/C18H18O5S/c1-10-5-7-12(8-6-10)24-14-9-13(19)16(18(21)23-4)15(11(14)2)17(20)22-3/h5-9,19H,1-4H3. The van der Waals surface area contributed by atoms with Crippen LogP contribution in [0.25, 0.3) is 0 Å². The Hall–Kier alpha value is -2.47. The Labute approximate surface area is 144 Å². The van der Waals surface area contributed by atoms with Gasteiger partial charge in [-0.1, -0.05) is 29.5 Å². The van der Waals surface area contributed by atoms with Gasteiger partial charge in [-0.05, 0) is 37.6 Å². The van der Waals surface area contributed by atoms with Crippen LogP contribution in [0.1, 0.15) is 31.8 Å². The number of aromatic hydroxyl groups is 1. The first-order valence-electron chi connectivity index (χ1n) is 7.16. The van der Waals surface area contributed by atoms with Gasteiger partial charge in [0.2, 0.25) is 0 Å². The number of rotatable bonds is 4. The molecule has 0 aliphatic heterocycles. The normalized spacial score (nSPS) is 10.3. The van der Waals surface area contributed by atoms with Gasteiger partial charge in [-0.3, -0.25) is 0 Å². The zero-order valence-electron chi connectivity index (χ0n) is 13.9. The van der Waals surface area contributed by atoms with Crippen molar-refractivity contribution in [3.05, 3.63) is 52.6 Å². The van der Waals surface area contributed by atoms with Crippen LogP contribution in [0.15, 0.2) is 40.1 Å². The Kier molecular flexibility index (Phi) is 5.51. The lowest BCUT2D eigenvalue weighted by atomic mass is 10.0. The lowest BCUT2D eigenvalue weighted by molar-refractivity contribution is 0.0551. The molecule has 0 aliphatic rings. The van der Waals surface area contributed by atoms with Crippen molar-refractivity contribution in [2.45, 2.75) is 23.6 Å². The van der Waals surface area contributed by atoms with Crippen LogP contribution in [0.5, 0.6) is 5.75 Å². The number of benzene rings is 2. The van der Waals surface area contributed by atoms with Crippen molar-refractivity contribution in [1.29, 1.82) is 0 Å². The number of esters is 2. The molecule has 0 atom stereocenters. The second kappa shape index (κ2) is 7.40. The summed E-state index contributed by atoms with van der Waals surface area (Å²) in [5.41, 5.74) is 1.51. The van der Waals surface area contributed by atoms with Gasteiger partial charge in [0, 0.05) is 9.79 Å². The van der Waals surface area contributed by atoms with Crippen molar-refractivity contribution < 1.29 is 24.2 Å². The highest BCUT2D eigenvalue weighted by molar-refractivity contribution is 7.99. The summed E-state index contributed by atoms with van der Waals surface area (Å²) in [6, 6.07) is 9.30. The van der Waals surface area contributed by atoms with Crippen LogP contribution >= 0.6 is 11.8 Å². The third kappa shape index (κ3) is 3.54. The molecule has 0 radical (unpaired) electrons. The van der Waals surface area contributed by atoms with Crippen molar-refractivity contribution in [2.24, 2.45) is 0 Å². The topological polar surface area (TPSA) is 72.8 Å². The van der Waals surface area contributed by atoms with E-state index in [1.54, 1.807) is 6.92 Å². The van der Waals surface area contributed by atoms with Gasteiger partial charge in [0.25, 0.3) is 0 Å². The monoisotopic (exact) mass is 346 g/mol. The summed E-state index contributed by atoms with van der Waals surface area (Å²) < 4.78 is 9.43. The average Bonchev–Trinajstić information content (AvgIpc) is 2.58. The molecule has 2 aromatic carbocycles. The van der Waals surface area contributed by atoms with Gasteiger partial charge in [0.1, 0.15) is 11.3 Å². The van der Waals surface area contributed by atoms with E-state index in [2.05, 4.69) is 4.74 Å². The fourth-order valence-corrected chi connectivity index (χ4v) is 3.20. The van der Waals surface area contributed by atoms with Gasteiger partial charge in [0.05, 0.1) is 19.8 Å². The molecular weight excluding hydrogens is 328 g/mol. The van der Waals surface area contributed by atoms with Crippen LogP contribution in [-0.2, 0) is 9.47 Å². The lowest BCUT2D eigenvalue weighted by Gasteiger charge is -2.15. The second-order valence-electron chi connectivity index (χ2n) is 5.17. The van der Waals surface area contributed by atoms with Crippen LogP contribution < -0.4 is 0 Å². The predicted molar refractivity (Wildman–Crippen MR) is 90.8 cm³/mol. The van der Waals surface area contributed by atoms with Crippen molar-refractivity contribution in [2.75, 3.05) is 14.2 Å². The molecular formula is C18H18O5S. The fraction of sp³-hybridized carbons (Fsp3) is 0.222. The molecule has 0 saturated heterocycles. The molecule has 24 heavy (non-hydrogen) atoms. The Bertz CT molecular complexity index is 781. The van der Waals surface area contributed by atoms with Gasteiger partial charge >= 0.3 is 11.9 Å². The number of carbonyl (C=O) groups is 2. The van der Waals surface area contributed by atoms with Crippen molar-refractivity contribution in [3.8, 4) is 5.75 Å². The number of hydrogen-bond acceptors (Lipinski definition) is 6. The number of hydrogen-bond donors (Lipinski definition) is 1. The SMILES string of the molecule is COC(=O)c1c(O)cc(Sc2ccc(C)cc2)c(C)c1C(=O)OC. The highest BCUT2D eigenvalue weighted by Gasteiger charge is 2.27. The predicted octanol–water partition coefficient (Wildman–Crippen LogP) is 3.73. The molecule has 0 amide bonds. The van der Waals surface area contributed by atoms with E-state index in [4.69, 9.17) is 4.74 Å². The molecule has 0 heterocycles. The zero-order chi connectivity index (χ0) is 17.9. The summed E-state index contributed by atoms with van der Waals surface area (Å²) in [5.74, 6) is -1.81. The van der Waals surface area contributed by atoms with Crippen LogP contribution in [0.4, 0.5) is 0 Å². The summed E-state index contributed by atoms with van der Waals surface area (Å²) in [5, 5.41) is 10.2. The Balaban J connectivity index is 2.58. The number of carbonyl (C=O) groups excluding carboxylic acids is 2. The molecule has 0 bridgehead atoms.